The Morgan fingerprint density at radius 1 is 1.47 bits per heavy atom. The predicted molar refractivity (Wildman–Crippen MR) is 70.2 cm³/mol. The van der Waals surface area contributed by atoms with Gasteiger partial charge in [-0.3, -0.25) is 4.98 Å². The van der Waals surface area contributed by atoms with Gasteiger partial charge in [0.2, 0.25) is 0 Å². The van der Waals surface area contributed by atoms with Crippen LogP contribution in [0.3, 0.4) is 0 Å². The summed E-state index contributed by atoms with van der Waals surface area (Å²) in [7, 11) is 1.74. The molecule has 0 aromatic carbocycles. The molecule has 1 saturated carbocycles. The summed E-state index contributed by atoms with van der Waals surface area (Å²) in [5.41, 5.74) is 0.449. The quantitative estimate of drug-likeness (QED) is 0.870. The first-order valence-electron chi connectivity index (χ1n) is 6.26. The molecule has 1 aliphatic carbocycles. The number of anilines is 1. The minimum Gasteiger partial charge on any atom is -0.478 e. The molecule has 0 atom stereocenters. The molecule has 0 saturated heterocycles. The molecule has 0 spiro atoms. The monoisotopic (exact) mass is 263 g/mol. The maximum absolute atomic E-state index is 11.9. The number of carboxylic acids is 1. The maximum Gasteiger partial charge on any atom is 0.337 e. The molecule has 19 heavy (non-hydrogen) atoms. The minimum absolute atomic E-state index is 0.0550. The number of carbonyl (C=O) groups is 2. The Morgan fingerprint density at radius 3 is 2.79 bits per heavy atom. The average molecular weight is 263 g/mol. The number of carbonyl (C=O) groups excluding carboxylic acids is 1. The number of nitrogens with one attached hydrogen (secondary N) is 1. The number of carboxylic acid groups (broad SMARTS) is 1. The lowest BCUT2D eigenvalue weighted by Crippen LogP contribution is -2.37. The predicted octanol–water partition coefficient (Wildman–Crippen LogP) is 2.04. The lowest BCUT2D eigenvalue weighted by molar-refractivity contribution is 0.0696. The first kappa shape index (κ1) is 13.3. The molecule has 1 aromatic rings. The molecule has 0 bridgehead atoms. The molecular formula is C13H17N3O3. The zero-order valence-electron chi connectivity index (χ0n) is 10.8. The van der Waals surface area contributed by atoms with E-state index >= 15 is 0 Å². The van der Waals surface area contributed by atoms with Crippen LogP contribution in [0.5, 0.6) is 0 Å². The van der Waals surface area contributed by atoms with Gasteiger partial charge in [-0.25, -0.2) is 9.59 Å². The second kappa shape index (κ2) is 5.69. The first-order valence-corrected chi connectivity index (χ1v) is 6.26. The van der Waals surface area contributed by atoms with Crippen molar-refractivity contribution >= 4 is 17.7 Å². The molecule has 1 heterocycles. The van der Waals surface area contributed by atoms with Crippen molar-refractivity contribution in [1.29, 1.82) is 0 Å². The third kappa shape index (κ3) is 3.43. The van der Waals surface area contributed by atoms with Crippen LogP contribution in [0.15, 0.2) is 18.5 Å². The van der Waals surface area contributed by atoms with Crippen molar-refractivity contribution in [3.63, 3.8) is 0 Å². The van der Waals surface area contributed by atoms with Crippen molar-refractivity contribution in [2.45, 2.75) is 19.3 Å². The fourth-order valence-electron chi connectivity index (χ4n) is 1.99. The van der Waals surface area contributed by atoms with Crippen LogP contribution < -0.4 is 5.32 Å². The zero-order valence-corrected chi connectivity index (χ0v) is 10.8. The first-order chi connectivity index (χ1) is 9.06. The van der Waals surface area contributed by atoms with E-state index in [9.17, 15) is 9.59 Å². The lowest BCUT2D eigenvalue weighted by atomic mass is 9.85. The maximum atomic E-state index is 11.9. The zero-order chi connectivity index (χ0) is 13.8. The number of rotatable bonds is 4. The number of hydrogen-bond acceptors (Lipinski definition) is 3. The van der Waals surface area contributed by atoms with E-state index < -0.39 is 5.97 Å². The fourth-order valence-corrected chi connectivity index (χ4v) is 1.99. The van der Waals surface area contributed by atoms with Crippen LogP contribution >= 0.6 is 0 Å². The van der Waals surface area contributed by atoms with E-state index in [2.05, 4.69) is 10.3 Å². The highest BCUT2D eigenvalue weighted by Gasteiger charge is 2.21. The topological polar surface area (TPSA) is 82.5 Å². The van der Waals surface area contributed by atoms with Crippen molar-refractivity contribution in [3.05, 3.63) is 24.0 Å². The molecule has 2 amide bonds. The number of urea groups is 1. The number of aromatic carboxylic acids is 1. The van der Waals surface area contributed by atoms with Crippen molar-refractivity contribution in [3.8, 4) is 0 Å². The largest absolute Gasteiger partial charge is 0.478 e. The molecule has 102 valence electrons. The number of nitrogens with zero attached hydrogens (tertiary/aromatic N) is 2. The third-order valence-corrected chi connectivity index (χ3v) is 3.34. The van der Waals surface area contributed by atoms with E-state index in [0.717, 1.165) is 6.54 Å². The molecule has 0 radical (unpaired) electrons. The standard InChI is InChI=1S/C13H17N3O3/c1-16(8-9-3-2-4-9)13(19)15-11-5-10(12(17)18)6-14-7-11/h5-7,9H,2-4,8H2,1H3,(H,15,19)(H,17,18). The van der Waals surface area contributed by atoms with Crippen molar-refractivity contribution in [1.82, 2.24) is 9.88 Å². The second-order valence-electron chi connectivity index (χ2n) is 4.88. The molecule has 2 N–H and O–H groups in total. The van der Waals surface area contributed by atoms with Crippen molar-refractivity contribution in [2.24, 2.45) is 5.92 Å². The number of pyridine rings is 1. The highest BCUT2D eigenvalue weighted by molar-refractivity contribution is 5.92. The van der Waals surface area contributed by atoms with Gasteiger partial charge >= 0.3 is 12.0 Å². The average Bonchev–Trinajstić information content (AvgIpc) is 2.33. The van der Waals surface area contributed by atoms with Gasteiger partial charge < -0.3 is 15.3 Å². The normalized spacial score (nSPS) is 14.6. The summed E-state index contributed by atoms with van der Waals surface area (Å²) in [5, 5.41) is 11.5. The van der Waals surface area contributed by atoms with Gasteiger partial charge in [0.25, 0.3) is 0 Å². The Labute approximate surface area is 111 Å². The van der Waals surface area contributed by atoms with Crippen LogP contribution in [0, 0.1) is 5.92 Å². The van der Waals surface area contributed by atoms with Gasteiger partial charge in [-0.1, -0.05) is 6.42 Å². The highest BCUT2D eigenvalue weighted by Crippen LogP contribution is 2.26. The molecule has 2 rings (SSSR count). The van der Waals surface area contributed by atoms with E-state index in [1.807, 2.05) is 0 Å². The van der Waals surface area contributed by atoms with Gasteiger partial charge in [0.15, 0.2) is 0 Å². The smallest absolute Gasteiger partial charge is 0.337 e. The lowest BCUT2D eigenvalue weighted by Gasteiger charge is -2.30. The van der Waals surface area contributed by atoms with Crippen LogP contribution in [-0.4, -0.2) is 40.6 Å². The molecule has 1 fully saturated rings. The Morgan fingerprint density at radius 2 is 2.21 bits per heavy atom. The molecule has 1 aliphatic rings. The van der Waals surface area contributed by atoms with E-state index in [-0.39, 0.29) is 11.6 Å². The summed E-state index contributed by atoms with van der Waals surface area (Å²) in [4.78, 5) is 28.1. The molecule has 0 aliphatic heterocycles. The van der Waals surface area contributed by atoms with Crippen LogP contribution in [0.2, 0.25) is 0 Å². The van der Waals surface area contributed by atoms with Gasteiger partial charge in [0, 0.05) is 19.8 Å². The van der Waals surface area contributed by atoms with Crippen LogP contribution in [-0.2, 0) is 0 Å². The van der Waals surface area contributed by atoms with E-state index in [4.69, 9.17) is 5.11 Å². The van der Waals surface area contributed by atoms with Gasteiger partial charge in [0.1, 0.15) is 0 Å². The van der Waals surface area contributed by atoms with E-state index in [1.54, 1.807) is 11.9 Å². The Hall–Kier alpha value is -2.11. The second-order valence-corrected chi connectivity index (χ2v) is 4.88. The molecule has 1 aromatic heterocycles. The van der Waals surface area contributed by atoms with E-state index in [1.165, 1.54) is 37.7 Å². The molecule has 6 nitrogen and oxygen atoms in total. The molecular weight excluding hydrogens is 246 g/mol. The van der Waals surface area contributed by atoms with Crippen LogP contribution in [0.25, 0.3) is 0 Å². The number of hydrogen-bond donors (Lipinski definition) is 2. The van der Waals surface area contributed by atoms with Gasteiger partial charge in [-0.2, -0.15) is 0 Å². The summed E-state index contributed by atoms with van der Waals surface area (Å²) < 4.78 is 0. The minimum atomic E-state index is -1.06. The van der Waals surface area contributed by atoms with Crippen LogP contribution in [0.4, 0.5) is 10.5 Å². The summed E-state index contributed by atoms with van der Waals surface area (Å²) in [5.74, 6) is -0.467. The summed E-state index contributed by atoms with van der Waals surface area (Å²) in [6.07, 6.45) is 6.27. The Bertz CT molecular complexity index is 486. The SMILES string of the molecule is CN(CC1CCC1)C(=O)Nc1cncc(C(=O)O)c1. The van der Waals surface area contributed by atoms with Gasteiger partial charge in [-0.05, 0) is 24.8 Å². The third-order valence-electron chi connectivity index (χ3n) is 3.34. The molecule has 6 heteroatoms. The van der Waals surface area contributed by atoms with Crippen molar-refractivity contribution < 1.29 is 14.7 Å². The Balaban J connectivity index is 1.93. The van der Waals surface area contributed by atoms with Gasteiger partial charge in [-0.15, -0.1) is 0 Å². The number of amides is 2. The van der Waals surface area contributed by atoms with E-state index in [0.29, 0.717) is 11.6 Å². The summed E-state index contributed by atoms with van der Waals surface area (Å²) >= 11 is 0. The summed E-state index contributed by atoms with van der Waals surface area (Å²) in [6.45, 7) is 0.734. The van der Waals surface area contributed by atoms with Gasteiger partial charge in [0.05, 0.1) is 17.4 Å². The Kier molecular flexibility index (Phi) is 3.99. The fraction of sp³-hybridized carbons (Fsp3) is 0.462. The number of aromatic nitrogens is 1. The molecule has 0 unspecified atom stereocenters. The summed E-state index contributed by atoms with van der Waals surface area (Å²) in [6, 6.07) is 1.15. The highest BCUT2D eigenvalue weighted by atomic mass is 16.4. The van der Waals surface area contributed by atoms with Crippen LogP contribution in [0.1, 0.15) is 29.6 Å². The van der Waals surface area contributed by atoms with Crippen molar-refractivity contribution in [2.75, 3.05) is 18.9 Å².